The Balaban J connectivity index is 1.94. The highest BCUT2D eigenvalue weighted by molar-refractivity contribution is 5.98. The van der Waals surface area contributed by atoms with Crippen molar-refractivity contribution in [3.63, 3.8) is 0 Å². The second kappa shape index (κ2) is 4.12. The minimum atomic E-state index is -0.661. The van der Waals surface area contributed by atoms with Gasteiger partial charge in [0.1, 0.15) is 5.76 Å². The van der Waals surface area contributed by atoms with Crippen LogP contribution in [0.2, 0.25) is 0 Å². The molecule has 1 aliphatic rings. The highest BCUT2D eigenvalue weighted by Crippen LogP contribution is 2.26. The molecule has 0 amide bonds. The summed E-state index contributed by atoms with van der Waals surface area (Å²) in [6.45, 7) is 3.61. The van der Waals surface area contributed by atoms with E-state index in [-0.39, 0.29) is 5.78 Å². The first-order chi connectivity index (χ1) is 7.58. The summed E-state index contributed by atoms with van der Waals surface area (Å²) in [7, 11) is 0. The van der Waals surface area contributed by atoms with Crippen molar-refractivity contribution in [1.82, 2.24) is 0 Å². The molecule has 0 fully saturated rings. The first-order valence-corrected chi connectivity index (χ1v) is 5.56. The first-order valence-electron chi connectivity index (χ1n) is 5.56. The molecule has 0 radical (unpaired) electrons. The third-order valence-corrected chi connectivity index (χ3v) is 2.77. The number of hydrogen-bond acceptors (Lipinski definition) is 2. The van der Waals surface area contributed by atoms with E-state index in [2.05, 4.69) is 12.1 Å². The first kappa shape index (κ1) is 10.9. The molecule has 1 heterocycles. The van der Waals surface area contributed by atoms with E-state index in [0.29, 0.717) is 0 Å². The lowest BCUT2D eigenvalue weighted by Gasteiger charge is -2.17. The summed E-state index contributed by atoms with van der Waals surface area (Å²) >= 11 is 0. The van der Waals surface area contributed by atoms with E-state index < -0.39 is 5.60 Å². The van der Waals surface area contributed by atoms with Crippen molar-refractivity contribution >= 4 is 5.78 Å². The molecule has 0 unspecified atom stereocenters. The van der Waals surface area contributed by atoms with E-state index in [1.807, 2.05) is 18.2 Å². The van der Waals surface area contributed by atoms with E-state index in [1.165, 1.54) is 5.56 Å². The monoisotopic (exact) mass is 216 g/mol. The predicted octanol–water partition coefficient (Wildman–Crippen LogP) is 2.88. The van der Waals surface area contributed by atoms with Gasteiger partial charge in [0.15, 0.2) is 5.60 Å². The zero-order valence-corrected chi connectivity index (χ0v) is 9.69. The molecule has 0 atom stereocenters. The third-order valence-electron chi connectivity index (χ3n) is 2.77. The van der Waals surface area contributed by atoms with Gasteiger partial charge >= 0.3 is 0 Å². The third kappa shape index (κ3) is 2.32. The molecule has 2 heteroatoms. The Bertz CT molecular complexity index is 416. The van der Waals surface area contributed by atoms with Crippen LogP contribution in [0.5, 0.6) is 0 Å². The molecule has 1 aromatic carbocycles. The van der Waals surface area contributed by atoms with Crippen molar-refractivity contribution in [3.05, 3.63) is 47.7 Å². The van der Waals surface area contributed by atoms with Crippen LogP contribution in [0.15, 0.2) is 42.2 Å². The van der Waals surface area contributed by atoms with Crippen LogP contribution in [-0.4, -0.2) is 11.4 Å². The van der Waals surface area contributed by atoms with Crippen LogP contribution < -0.4 is 0 Å². The molecule has 0 spiro atoms. The van der Waals surface area contributed by atoms with Crippen LogP contribution in [0.25, 0.3) is 0 Å². The number of ketones is 1. The van der Waals surface area contributed by atoms with Crippen LogP contribution in [0, 0.1) is 0 Å². The molecule has 1 aromatic rings. The Labute approximate surface area is 95.9 Å². The van der Waals surface area contributed by atoms with Crippen molar-refractivity contribution in [3.8, 4) is 0 Å². The summed E-state index contributed by atoms with van der Waals surface area (Å²) < 4.78 is 5.59. The lowest BCUT2D eigenvalue weighted by molar-refractivity contribution is -0.127. The maximum atomic E-state index is 11.5. The Morgan fingerprint density at radius 3 is 2.38 bits per heavy atom. The van der Waals surface area contributed by atoms with Crippen LogP contribution >= 0.6 is 0 Å². The normalized spacial score (nSPS) is 18.1. The van der Waals surface area contributed by atoms with Crippen molar-refractivity contribution in [2.75, 3.05) is 0 Å². The second-order valence-electron chi connectivity index (χ2n) is 4.57. The summed E-state index contributed by atoms with van der Waals surface area (Å²) in [5.41, 5.74) is 0.607. The highest BCUT2D eigenvalue weighted by atomic mass is 16.5. The molecule has 16 heavy (non-hydrogen) atoms. The van der Waals surface area contributed by atoms with Crippen molar-refractivity contribution in [1.29, 1.82) is 0 Å². The maximum absolute atomic E-state index is 11.5. The number of rotatable bonds is 3. The van der Waals surface area contributed by atoms with Gasteiger partial charge in [-0.3, -0.25) is 4.79 Å². The van der Waals surface area contributed by atoms with Crippen LogP contribution in [0.1, 0.15) is 25.8 Å². The molecule has 0 aromatic heterocycles. The topological polar surface area (TPSA) is 26.3 Å². The molecule has 1 aliphatic heterocycles. The van der Waals surface area contributed by atoms with E-state index in [1.54, 1.807) is 19.9 Å². The average molecular weight is 216 g/mol. The summed E-state index contributed by atoms with van der Waals surface area (Å²) in [6, 6.07) is 10.2. The number of benzene rings is 1. The fourth-order valence-electron chi connectivity index (χ4n) is 1.76. The zero-order chi connectivity index (χ0) is 11.6. The molecular weight excluding hydrogens is 200 g/mol. The van der Waals surface area contributed by atoms with Gasteiger partial charge in [0.25, 0.3) is 0 Å². The van der Waals surface area contributed by atoms with E-state index in [0.717, 1.165) is 18.6 Å². The molecule has 0 saturated carbocycles. The minimum absolute atomic E-state index is 0.0653. The number of carbonyl (C=O) groups is 1. The molecule has 2 nitrogen and oxygen atoms in total. The lowest BCUT2D eigenvalue weighted by atomic mass is 10.1. The van der Waals surface area contributed by atoms with Crippen molar-refractivity contribution < 1.29 is 9.53 Å². The fraction of sp³-hybridized carbons (Fsp3) is 0.357. The Hall–Kier alpha value is -1.57. The largest absolute Gasteiger partial charge is 0.484 e. The number of hydrogen-bond donors (Lipinski definition) is 0. The number of aryl methyl sites for hydroxylation is 1. The number of ether oxygens (including phenoxy) is 1. The lowest BCUT2D eigenvalue weighted by Crippen LogP contribution is -2.27. The molecule has 0 saturated heterocycles. The smallest absolute Gasteiger partial charge is 0.201 e. The SMILES string of the molecule is CC1(C)OC(CCc2ccccc2)=CC1=O. The van der Waals surface area contributed by atoms with Gasteiger partial charge in [-0.05, 0) is 25.8 Å². The van der Waals surface area contributed by atoms with Crippen LogP contribution in [0.3, 0.4) is 0 Å². The minimum Gasteiger partial charge on any atom is -0.484 e. The molecule has 2 rings (SSSR count). The predicted molar refractivity (Wildman–Crippen MR) is 63.0 cm³/mol. The molecule has 0 bridgehead atoms. The molecule has 0 aliphatic carbocycles. The zero-order valence-electron chi connectivity index (χ0n) is 9.69. The van der Waals surface area contributed by atoms with E-state index >= 15 is 0 Å². The summed E-state index contributed by atoms with van der Waals surface area (Å²) in [5.74, 6) is 0.870. The van der Waals surface area contributed by atoms with Gasteiger partial charge in [0, 0.05) is 12.5 Å². The van der Waals surface area contributed by atoms with Gasteiger partial charge in [-0.15, -0.1) is 0 Å². The summed E-state index contributed by atoms with van der Waals surface area (Å²) in [6.07, 6.45) is 3.33. The molecular formula is C14H16O2. The Morgan fingerprint density at radius 1 is 1.12 bits per heavy atom. The van der Waals surface area contributed by atoms with Gasteiger partial charge < -0.3 is 4.74 Å². The van der Waals surface area contributed by atoms with Gasteiger partial charge in [0.2, 0.25) is 5.78 Å². The molecule has 84 valence electrons. The molecule has 0 N–H and O–H groups in total. The van der Waals surface area contributed by atoms with Crippen molar-refractivity contribution in [2.45, 2.75) is 32.3 Å². The summed E-state index contributed by atoms with van der Waals surface area (Å²) in [5, 5.41) is 0. The van der Waals surface area contributed by atoms with Gasteiger partial charge in [0.05, 0.1) is 0 Å². The van der Waals surface area contributed by atoms with Gasteiger partial charge in [-0.2, -0.15) is 0 Å². The second-order valence-corrected chi connectivity index (χ2v) is 4.57. The standard InChI is InChI=1S/C14H16O2/c1-14(2)13(15)10-12(16-14)9-8-11-6-4-3-5-7-11/h3-7,10H,8-9H2,1-2H3. The summed E-state index contributed by atoms with van der Waals surface area (Å²) in [4.78, 5) is 11.5. The van der Waals surface area contributed by atoms with Gasteiger partial charge in [-0.25, -0.2) is 0 Å². The van der Waals surface area contributed by atoms with Crippen molar-refractivity contribution in [2.24, 2.45) is 0 Å². The number of carbonyl (C=O) groups excluding carboxylic acids is 1. The fourth-order valence-corrected chi connectivity index (χ4v) is 1.76. The van der Waals surface area contributed by atoms with E-state index in [9.17, 15) is 4.79 Å². The van der Waals surface area contributed by atoms with Crippen LogP contribution in [0.4, 0.5) is 0 Å². The maximum Gasteiger partial charge on any atom is 0.201 e. The quantitative estimate of drug-likeness (QED) is 0.776. The Morgan fingerprint density at radius 2 is 1.81 bits per heavy atom. The van der Waals surface area contributed by atoms with Crippen LogP contribution in [-0.2, 0) is 16.0 Å². The van der Waals surface area contributed by atoms with Gasteiger partial charge in [-0.1, -0.05) is 30.3 Å². The highest BCUT2D eigenvalue weighted by Gasteiger charge is 2.34. The average Bonchev–Trinajstić information content (AvgIpc) is 2.52. The number of allylic oxidation sites excluding steroid dienone is 1. The Kier molecular flexibility index (Phi) is 2.82. The van der Waals surface area contributed by atoms with E-state index in [4.69, 9.17) is 4.74 Å².